The van der Waals surface area contributed by atoms with Gasteiger partial charge in [-0.2, -0.15) is 5.10 Å². The number of ether oxygens (including phenoxy) is 1. The van der Waals surface area contributed by atoms with Crippen LogP contribution in [0.5, 0.6) is 0 Å². The molecule has 0 atom stereocenters. The van der Waals surface area contributed by atoms with Crippen molar-refractivity contribution >= 4 is 29.9 Å². The lowest BCUT2D eigenvalue weighted by Crippen LogP contribution is -2.22. The van der Waals surface area contributed by atoms with Crippen molar-refractivity contribution in [3.63, 3.8) is 0 Å². The number of aromatic nitrogens is 3. The van der Waals surface area contributed by atoms with Crippen LogP contribution < -0.4 is 0 Å². The Hall–Kier alpha value is -1.63. The highest BCUT2D eigenvalue weighted by Gasteiger charge is 2.25. The van der Waals surface area contributed by atoms with E-state index in [2.05, 4.69) is 47.5 Å². The Balaban J connectivity index is 1.69. The van der Waals surface area contributed by atoms with Gasteiger partial charge in [-0.15, -0.1) is 0 Å². The molecule has 2 heterocycles. The van der Waals surface area contributed by atoms with E-state index in [0.29, 0.717) is 6.73 Å². The molecule has 0 unspecified atom stereocenters. The van der Waals surface area contributed by atoms with E-state index >= 15 is 0 Å². The summed E-state index contributed by atoms with van der Waals surface area (Å²) >= 11 is 0. The highest BCUT2D eigenvalue weighted by Crippen LogP contribution is 2.35. The second-order valence-corrected chi connectivity index (χ2v) is 14.4. The zero-order valence-corrected chi connectivity index (χ0v) is 17.0. The van der Waals surface area contributed by atoms with Gasteiger partial charge in [0.25, 0.3) is 0 Å². The minimum Gasteiger partial charge on any atom is -0.390 e. The number of benzene rings is 1. The van der Waals surface area contributed by atoms with E-state index in [1.165, 1.54) is 23.7 Å². The quantitative estimate of drug-likeness (QED) is 0.477. The van der Waals surface area contributed by atoms with Gasteiger partial charge in [-0.05, 0) is 30.9 Å². The lowest BCUT2D eigenvalue weighted by molar-refractivity contribution is 0.0818. The van der Waals surface area contributed by atoms with Crippen LogP contribution >= 0.6 is 0 Å². The van der Waals surface area contributed by atoms with Gasteiger partial charge < -0.3 is 14.4 Å². The molecule has 0 saturated heterocycles. The second kappa shape index (κ2) is 6.83. The smallest absolute Gasteiger partial charge is 0.140 e. The molecule has 0 amide bonds. The van der Waals surface area contributed by atoms with E-state index in [4.69, 9.17) is 4.74 Å². The molecule has 140 valence electrons. The fraction of sp³-hybridized carbons (Fsp3) is 0.550. The van der Waals surface area contributed by atoms with E-state index in [9.17, 15) is 5.11 Å². The van der Waals surface area contributed by atoms with E-state index in [1.54, 1.807) is 0 Å². The number of fused-ring (bicyclic) bond motifs is 3. The Morgan fingerprint density at radius 1 is 1.19 bits per heavy atom. The summed E-state index contributed by atoms with van der Waals surface area (Å²) in [5.74, 6) is 0.746. The van der Waals surface area contributed by atoms with Crippen LogP contribution in [0.2, 0.25) is 25.7 Å². The van der Waals surface area contributed by atoms with Crippen LogP contribution in [0.25, 0.3) is 21.8 Å². The summed E-state index contributed by atoms with van der Waals surface area (Å²) < 4.78 is 10.2. The maximum absolute atomic E-state index is 9.83. The lowest BCUT2D eigenvalue weighted by Gasteiger charge is -2.16. The zero-order chi connectivity index (χ0) is 18.3. The summed E-state index contributed by atoms with van der Waals surface area (Å²) in [5.41, 5.74) is 3.30. The maximum atomic E-state index is 9.83. The van der Waals surface area contributed by atoms with Crippen LogP contribution in [0.15, 0.2) is 24.4 Å². The molecule has 1 saturated carbocycles. The van der Waals surface area contributed by atoms with Crippen molar-refractivity contribution in [1.82, 2.24) is 14.3 Å². The van der Waals surface area contributed by atoms with Crippen molar-refractivity contribution in [3.05, 3.63) is 30.1 Å². The number of hydrogen-bond donors (Lipinski definition) is 1. The predicted molar refractivity (Wildman–Crippen MR) is 108 cm³/mol. The Morgan fingerprint density at radius 2 is 1.96 bits per heavy atom. The van der Waals surface area contributed by atoms with Crippen molar-refractivity contribution in [3.8, 4) is 0 Å². The van der Waals surface area contributed by atoms with Crippen LogP contribution in [0.4, 0.5) is 0 Å². The third-order valence-corrected chi connectivity index (χ3v) is 6.96. The molecule has 26 heavy (non-hydrogen) atoms. The van der Waals surface area contributed by atoms with Crippen molar-refractivity contribution in [2.45, 2.75) is 58.4 Å². The van der Waals surface area contributed by atoms with Gasteiger partial charge in [0.15, 0.2) is 0 Å². The van der Waals surface area contributed by atoms with Gasteiger partial charge in [0.05, 0.1) is 23.8 Å². The number of aliphatic hydroxyl groups is 1. The average Bonchev–Trinajstić information content (AvgIpc) is 3.20. The first-order valence-corrected chi connectivity index (χ1v) is 13.3. The molecule has 3 aromatic rings. The minimum atomic E-state index is -1.09. The normalized spacial score (nSPS) is 15.4. The Bertz CT molecular complexity index is 919. The molecule has 4 rings (SSSR count). The summed E-state index contributed by atoms with van der Waals surface area (Å²) in [6.45, 7) is 9.43. The molecule has 1 fully saturated rings. The fourth-order valence-corrected chi connectivity index (χ4v) is 4.26. The molecule has 6 heteroatoms. The van der Waals surface area contributed by atoms with Crippen LogP contribution in [-0.2, 0) is 24.6 Å². The zero-order valence-electron chi connectivity index (χ0n) is 16.0. The summed E-state index contributed by atoms with van der Waals surface area (Å²) in [5, 5.41) is 16.7. The first kappa shape index (κ1) is 17.8. The van der Waals surface area contributed by atoms with E-state index in [1.807, 2.05) is 10.9 Å². The highest BCUT2D eigenvalue weighted by atomic mass is 28.3. The molecular formula is C20H29N3O2Si. The predicted octanol–water partition coefficient (Wildman–Crippen LogP) is 4.21. The molecule has 2 aromatic heterocycles. The summed E-state index contributed by atoms with van der Waals surface area (Å²) in [7, 11) is -1.09. The van der Waals surface area contributed by atoms with Gasteiger partial charge >= 0.3 is 0 Å². The SMILES string of the molecule is C[Si](C)(C)CCOCn1ncc2ccc3cc(CO)n(CC4CC4)c3c21. The van der Waals surface area contributed by atoms with Crippen molar-refractivity contribution < 1.29 is 9.84 Å². The minimum absolute atomic E-state index is 0.0732. The van der Waals surface area contributed by atoms with Crippen LogP contribution in [0, 0.1) is 5.92 Å². The van der Waals surface area contributed by atoms with Gasteiger partial charge in [0.1, 0.15) is 6.73 Å². The highest BCUT2D eigenvalue weighted by molar-refractivity contribution is 6.76. The third-order valence-electron chi connectivity index (χ3n) is 5.26. The standard InChI is InChI=1S/C20H29N3O2Si/c1-26(2,3)9-8-25-14-23-20-17(11-21-23)7-6-16-10-18(13-24)22(19(16)20)12-15-4-5-15/h6-7,10-11,15,24H,4-5,8-9,12-14H2,1-3H3. The monoisotopic (exact) mass is 371 g/mol. The summed E-state index contributed by atoms with van der Waals surface area (Å²) in [6, 6.07) is 7.53. The maximum Gasteiger partial charge on any atom is 0.140 e. The van der Waals surface area contributed by atoms with E-state index < -0.39 is 8.07 Å². The largest absolute Gasteiger partial charge is 0.390 e. The van der Waals surface area contributed by atoms with Gasteiger partial charge in [-0.1, -0.05) is 31.8 Å². The molecule has 5 nitrogen and oxygen atoms in total. The first-order chi connectivity index (χ1) is 12.5. The summed E-state index contributed by atoms with van der Waals surface area (Å²) in [6.07, 6.45) is 4.50. The molecule has 1 aliphatic carbocycles. The molecular weight excluding hydrogens is 342 g/mol. The lowest BCUT2D eigenvalue weighted by atomic mass is 10.2. The molecule has 1 aromatic carbocycles. The van der Waals surface area contributed by atoms with Gasteiger partial charge in [0.2, 0.25) is 0 Å². The van der Waals surface area contributed by atoms with Gasteiger partial charge in [-0.3, -0.25) is 0 Å². The number of aliphatic hydroxyl groups excluding tert-OH is 1. The Labute approximate surface area is 155 Å². The number of nitrogens with zero attached hydrogens (tertiary/aromatic N) is 3. The van der Waals surface area contributed by atoms with Crippen molar-refractivity contribution in [2.24, 2.45) is 5.92 Å². The molecule has 1 N–H and O–H groups in total. The molecule has 0 radical (unpaired) electrons. The van der Waals surface area contributed by atoms with Gasteiger partial charge in [-0.25, -0.2) is 4.68 Å². The topological polar surface area (TPSA) is 52.2 Å². The number of rotatable bonds is 8. The summed E-state index contributed by atoms with van der Waals surface area (Å²) in [4.78, 5) is 0. The van der Waals surface area contributed by atoms with Crippen LogP contribution in [0.3, 0.4) is 0 Å². The second-order valence-electron chi connectivity index (χ2n) is 8.78. The van der Waals surface area contributed by atoms with Crippen LogP contribution in [0.1, 0.15) is 18.5 Å². The number of hydrogen-bond acceptors (Lipinski definition) is 3. The van der Waals surface area contributed by atoms with E-state index in [0.717, 1.165) is 41.7 Å². The van der Waals surface area contributed by atoms with Crippen molar-refractivity contribution in [2.75, 3.05) is 6.61 Å². The molecule has 0 aliphatic heterocycles. The first-order valence-electron chi connectivity index (χ1n) is 9.61. The van der Waals surface area contributed by atoms with Crippen LogP contribution in [-0.4, -0.2) is 34.1 Å². The Morgan fingerprint density at radius 3 is 2.65 bits per heavy atom. The average molecular weight is 372 g/mol. The molecule has 1 aliphatic rings. The van der Waals surface area contributed by atoms with E-state index in [-0.39, 0.29) is 6.61 Å². The fourth-order valence-electron chi connectivity index (χ4n) is 3.50. The Kier molecular flexibility index (Phi) is 4.67. The third kappa shape index (κ3) is 3.59. The van der Waals surface area contributed by atoms with Gasteiger partial charge in [0, 0.05) is 37.7 Å². The molecule has 0 spiro atoms. The van der Waals surface area contributed by atoms with Crippen molar-refractivity contribution in [1.29, 1.82) is 0 Å². The molecule has 0 bridgehead atoms.